The van der Waals surface area contributed by atoms with Gasteiger partial charge in [-0.25, -0.2) is 4.98 Å². The second-order valence-electron chi connectivity index (χ2n) is 4.42. The summed E-state index contributed by atoms with van der Waals surface area (Å²) in [6, 6.07) is 13.8. The molecule has 1 aromatic carbocycles. The van der Waals surface area contributed by atoms with Crippen LogP contribution in [0.1, 0.15) is 22.3 Å². The highest BCUT2D eigenvalue weighted by Gasteiger charge is 2.13. The molecule has 1 heterocycles. The van der Waals surface area contributed by atoms with E-state index in [9.17, 15) is 4.79 Å². The van der Waals surface area contributed by atoms with Crippen LogP contribution >= 0.6 is 0 Å². The predicted molar refractivity (Wildman–Crippen MR) is 78.0 cm³/mol. The van der Waals surface area contributed by atoms with Gasteiger partial charge in [0.15, 0.2) is 6.29 Å². The maximum Gasteiger partial charge on any atom is 0.151 e. The van der Waals surface area contributed by atoms with E-state index in [4.69, 9.17) is 5.26 Å². The summed E-state index contributed by atoms with van der Waals surface area (Å²) in [6.45, 7) is 2.48. The van der Waals surface area contributed by atoms with Gasteiger partial charge in [-0.05, 0) is 30.7 Å². The normalized spacial score (nSPS) is 9.80. The minimum absolute atomic E-state index is 0.408. The number of hydrogen-bond acceptors (Lipinski definition) is 4. The number of rotatable bonds is 5. The number of hydrogen-bond donors (Lipinski definition) is 0. The van der Waals surface area contributed by atoms with Crippen LogP contribution in [0.4, 0.5) is 11.5 Å². The number of carbonyl (C=O) groups is 1. The lowest BCUT2D eigenvalue weighted by Crippen LogP contribution is -2.20. The van der Waals surface area contributed by atoms with E-state index in [-0.39, 0.29) is 0 Å². The van der Waals surface area contributed by atoms with Gasteiger partial charge in [0.25, 0.3) is 0 Å². The summed E-state index contributed by atoms with van der Waals surface area (Å²) < 4.78 is 0. The second-order valence-corrected chi connectivity index (χ2v) is 4.42. The zero-order chi connectivity index (χ0) is 14.4. The van der Waals surface area contributed by atoms with Crippen LogP contribution in [0, 0.1) is 18.3 Å². The number of nitriles is 1. The summed E-state index contributed by atoms with van der Waals surface area (Å²) >= 11 is 0. The number of benzene rings is 1. The lowest BCUT2D eigenvalue weighted by molar-refractivity contribution is 0.112. The Kier molecular flexibility index (Phi) is 4.46. The van der Waals surface area contributed by atoms with Crippen LogP contribution in [0.5, 0.6) is 0 Å². The van der Waals surface area contributed by atoms with Crippen molar-refractivity contribution in [2.45, 2.75) is 13.3 Å². The summed E-state index contributed by atoms with van der Waals surface area (Å²) in [6.07, 6.45) is 2.75. The van der Waals surface area contributed by atoms with Gasteiger partial charge in [-0.1, -0.05) is 18.2 Å². The summed E-state index contributed by atoms with van der Waals surface area (Å²) in [7, 11) is 0. The Labute approximate surface area is 118 Å². The standard InChI is InChI=1S/C16H15N3O/c1-13-10-14(12-20)11-18-16(13)19(9-5-8-17)15-6-3-2-4-7-15/h2-4,6-7,10-12H,5,9H2,1H3. The van der Waals surface area contributed by atoms with Crippen molar-refractivity contribution in [3.63, 3.8) is 0 Å². The van der Waals surface area contributed by atoms with E-state index >= 15 is 0 Å². The van der Waals surface area contributed by atoms with Crippen molar-refractivity contribution < 1.29 is 4.79 Å². The fourth-order valence-electron chi connectivity index (χ4n) is 2.06. The van der Waals surface area contributed by atoms with Crippen LogP contribution in [-0.2, 0) is 0 Å². The maximum atomic E-state index is 10.8. The fraction of sp³-hybridized carbons (Fsp3) is 0.188. The summed E-state index contributed by atoms with van der Waals surface area (Å²) in [5.41, 5.74) is 2.45. The predicted octanol–water partition coefficient (Wildman–Crippen LogP) is 3.25. The molecule has 4 nitrogen and oxygen atoms in total. The summed E-state index contributed by atoms with van der Waals surface area (Å²) in [5, 5.41) is 8.82. The number of anilines is 2. The van der Waals surface area contributed by atoms with Crippen molar-refractivity contribution in [3.05, 3.63) is 53.7 Å². The zero-order valence-corrected chi connectivity index (χ0v) is 11.3. The first kappa shape index (κ1) is 13.8. The molecule has 2 aromatic rings. The zero-order valence-electron chi connectivity index (χ0n) is 11.3. The molecule has 0 radical (unpaired) electrons. The Bertz CT molecular complexity index is 632. The molecule has 0 saturated carbocycles. The van der Waals surface area contributed by atoms with Gasteiger partial charge in [0, 0.05) is 24.0 Å². The largest absolute Gasteiger partial charge is 0.325 e. The quantitative estimate of drug-likeness (QED) is 0.779. The van der Waals surface area contributed by atoms with Gasteiger partial charge in [-0.15, -0.1) is 0 Å². The average molecular weight is 265 g/mol. The lowest BCUT2D eigenvalue weighted by atomic mass is 10.2. The third-order valence-corrected chi connectivity index (χ3v) is 2.98. The van der Waals surface area contributed by atoms with E-state index in [1.54, 1.807) is 12.3 Å². The minimum atomic E-state index is 0.408. The molecular formula is C16H15N3O. The topological polar surface area (TPSA) is 57.0 Å². The van der Waals surface area contributed by atoms with Crippen molar-refractivity contribution >= 4 is 17.8 Å². The van der Waals surface area contributed by atoms with Crippen LogP contribution in [0.2, 0.25) is 0 Å². The molecule has 0 spiro atoms. The van der Waals surface area contributed by atoms with Crippen LogP contribution in [0.25, 0.3) is 0 Å². The Morgan fingerprint density at radius 3 is 2.70 bits per heavy atom. The molecule has 1 aromatic heterocycles. The van der Waals surface area contributed by atoms with E-state index in [0.29, 0.717) is 18.5 Å². The van der Waals surface area contributed by atoms with Crippen LogP contribution in [0.15, 0.2) is 42.6 Å². The average Bonchev–Trinajstić information content (AvgIpc) is 2.50. The molecule has 0 N–H and O–H groups in total. The maximum absolute atomic E-state index is 10.8. The van der Waals surface area contributed by atoms with E-state index in [1.807, 2.05) is 42.2 Å². The molecule has 0 bridgehead atoms. The van der Waals surface area contributed by atoms with Gasteiger partial charge < -0.3 is 4.90 Å². The monoisotopic (exact) mass is 265 g/mol. The van der Waals surface area contributed by atoms with E-state index in [1.165, 1.54) is 0 Å². The van der Waals surface area contributed by atoms with E-state index in [0.717, 1.165) is 23.4 Å². The summed E-state index contributed by atoms with van der Waals surface area (Å²) in [5.74, 6) is 0.775. The summed E-state index contributed by atoms with van der Waals surface area (Å²) in [4.78, 5) is 17.1. The van der Waals surface area contributed by atoms with E-state index in [2.05, 4.69) is 11.1 Å². The van der Waals surface area contributed by atoms with Gasteiger partial charge in [0.1, 0.15) is 5.82 Å². The van der Waals surface area contributed by atoms with Crippen molar-refractivity contribution in [2.24, 2.45) is 0 Å². The molecule has 0 aliphatic carbocycles. The molecule has 4 heteroatoms. The Hall–Kier alpha value is -2.67. The first-order chi connectivity index (χ1) is 9.76. The van der Waals surface area contributed by atoms with Crippen molar-refractivity contribution in [3.8, 4) is 6.07 Å². The second kappa shape index (κ2) is 6.48. The number of para-hydroxylation sites is 1. The van der Waals surface area contributed by atoms with Gasteiger partial charge in [-0.3, -0.25) is 4.79 Å². The molecule has 0 aliphatic rings. The molecular weight excluding hydrogens is 250 g/mol. The highest BCUT2D eigenvalue weighted by Crippen LogP contribution is 2.26. The molecule has 0 atom stereocenters. The van der Waals surface area contributed by atoms with Crippen molar-refractivity contribution in [1.29, 1.82) is 5.26 Å². The number of nitrogens with zero attached hydrogens (tertiary/aromatic N) is 3. The third kappa shape index (κ3) is 3.01. The van der Waals surface area contributed by atoms with E-state index < -0.39 is 0 Å². The molecule has 20 heavy (non-hydrogen) atoms. The molecule has 0 aliphatic heterocycles. The number of pyridine rings is 1. The number of aromatic nitrogens is 1. The van der Waals surface area contributed by atoms with Gasteiger partial charge in [0.05, 0.1) is 12.5 Å². The minimum Gasteiger partial charge on any atom is -0.325 e. The lowest BCUT2D eigenvalue weighted by Gasteiger charge is -2.24. The highest BCUT2D eigenvalue weighted by atomic mass is 16.1. The Morgan fingerprint density at radius 1 is 1.35 bits per heavy atom. The molecule has 0 amide bonds. The molecule has 2 rings (SSSR count). The smallest absolute Gasteiger partial charge is 0.151 e. The Balaban J connectivity index is 2.41. The van der Waals surface area contributed by atoms with Gasteiger partial charge in [0.2, 0.25) is 0 Å². The number of aryl methyl sites for hydroxylation is 1. The number of aldehydes is 1. The fourth-order valence-corrected chi connectivity index (χ4v) is 2.06. The Morgan fingerprint density at radius 2 is 2.10 bits per heavy atom. The van der Waals surface area contributed by atoms with Crippen molar-refractivity contribution in [1.82, 2.24) is 4.98 Å². The first-order valence-corrected chi connectivity index (χ1v) is 6.37. The SMILES string of the molecule is Cc1cc(C=O)cnc1N(CCC#N)c1ccccc1. The third-order valence-electron chi connectivity index (χ3n) is 2.98. The first-order valence-electron chi connectivity index (χ1n) is 6.37. The van der Waals surface area contributed by atoms with Crippen LogP contribution < -0.4 is 4.90 Å². The van der Waals surface area contributed by atoms with Gasteiger partial charge in [-0.2, -0.15) is 5.26 Å². The van der Waals surface area contributed by atoms with Crippen LogP contribution in [0.3, 0.4) is 0 Å². The van der Waals surface area contributed by atoms with Gasteiger partial charge >= 0.3 is 0 Å². The molecule has 0 saturated heterocycles. The molecule has 0 unspecified atom stereocenters. The molecule has 0 fully saturated rings. The number of carbonyl (C=O) groups excluding carboxylic acids is 1. The van der Waals surface area contributed by atoms with Crippen LogP contribution in [-0.4, -0.2) is 17.8 Å². The molecule has 100 valence electrons. The van der Waals surface area contributed by atoms with Crippen molar-refractivity contribution in [2.75, 3.05) is 11.4 Å². The highest BCUT2D eigenvalue weighted by molar-refractivity contribution is 5.76.